The molecule has 1 aromatic carbocycles. The van der Waals surface area contributed by atoms with Crippen molar-refractivity contribution in [1.82, 2.24) is 0 Å². The van der Waals surface area contributed by atoms with Gasteiger partial charge in [-0.3, -0.25) is 4.79 Å². The van der Waals surface area contributed by atoms with Crippen LogP contribution >= 0.6 is 0 Å². The molecule has 2 nitrogen and oxygen atoms in total. The largest absolute Gasteiger partial charge is 0.377 e. The highest BCUT2D eigenvalue weighted by molar-refractivity contribution is 5.79. The molecule has 0 aromatic heterocycles. The number of benzene rings is 1. The molecule has 0 spiro atoms. The molecule has 29 heavy (non-hydrogen) atoms. The molecule has 0 bridgehead atoms. The van der Waals surface area contributed by atoms with E-state index in [1.807, 2.05) is 30.3 Å². The number of ketones is 1. The molecule has 0 aliphatic heterocycles. The van der Waals surface area contributed by atoms with Crippen LogP contribution in [-0.4, -0.2) is 16.5 Å². The zero-order valence-corrected chi connectivity index (χ0v) is 17.9. The normalized spacial score (nSPS) is 46.1. The molecule has 4 aliphatic carbocycles. The first-order valence-corrected chi connectivity index (χ1v) is 11.7. The molecule has 1 N–H and O–H groups in total. The second kappa shape index (κ2) is 6.71. The summed E-state index contributed by atoms with van der Waals surface area (Å²) in [6.45, 7) is 4.80. The van der Waals surface area contributed by atoms with Crippen LogP contribution in [-0.2, 0) is 4.79 Å². The van der Waals surface area contributed by atoms with E-state index in [1.54, 1.807) is 0 Å². The van der Waals surface area contributed by atoms with Crippen molar-refractivity contribution in [2.24, 2.45) is 34.5 Å². The minimum Gasteiger partial charge on any atom is -0.377 e. The molecule has 0 saturated heterocycles. The van der Waals surface area contributed by atoms with Gasteiger partial charge < -0.3 is 5.11 Å². The van der Waals surface area contributed by atoms with Gasteiger partial charge in [0.2, 0.25) is 0 Å². The van der Waals surface area contributed by atoms with E-state index in [0.717, 1.165) is 50.0 Å². The Morgan fingerprint density at radius 1 is 0.966 bits per heavy atom. The highest BCUT2D eigenvalue weighted by atomic mass is 16.3. The lowest BCUT2D eigenvalue weighted by Gasteiger charge is -2.60. The molecule has 0 amide bonds. The molecule has 5 rings (SSSR count). The van der Waals surface area contributed by atoms with Crippen LogP contribution in [0.3, 0.4) is 0 Å². The van der Waals surface area contributed by atoms with Crippen molar-refractivity contribution in [1.29, 1.82) is 0 Å². The number of Topliss-reactive ketones (excluding diaryl/α,β-unsaturated/α-hetero) is 1. The maximum absolute atomic E-state index is 12.1. The van der Waals surface area contributed by atoms with Crippen LogP contribution in [0, 0.1) is 46.3 Å². The topological polar surface area (TPSA) is 37.3 Å². The van der Waals surface area contributed by atoms with Gasteiger partial charge in [0.25, 0.3) is 0 Å². The molecule has 0 unspecified atom stereocenters. The summed E-state index contributed by atoms with van der Waals surface area (Å²) in [6, 6.07) is 10.1. The van der Waals surface area contributed by atoms with Crippen molar-refractivity contribution < 1.29 is 9.90 Å². The summed E-state index contributed by atoms with van der Waals surface area (Å²) in [5.74, 6) is 9.67. The predicted molar refractivity (Wildman–Crippen MR) is 115 cm³/mol. The van der Waals surface area contributed by atoms with E-state index in [-0.39, 0.29) is 5.41 Å². The molecule has 1 aromatic rings. The molecule has 2 heteroatoms. The van der Waals surface area contributed by atoms with Crippen LogP contribution in [0.2, 0.25) is 0 Å². The van der Waals surface area contributed by atoms with Crippen molar-refractivity contribution in [3.8, 4) is 11.8 Å². The molecule has 4 saturated carbocycles. The Morgan fingerprint density at radius 3 is 2.52 bits per heavy atom. The Kier molecular flexibility index (Phi) is 4.48. The van der Waals surface area contributed by atoms with Gasteiger partial charge in [-0.1, -0.05) is 43.9 Å². The molecular formula is C27H34O2. The van der Waals surface area contributed by atoms with Gasteiger partial charge in [-0.2, -0.15) is 0 Å². The maximum atomic E-state index is 12.1. The van der Waals surface area contributed by atoms with E-state index in [2.05, 4.69) is 25.7 Å². The predicted octanol–water partition coefficient (Wildman–Crippen LogP) is 5.38. The number of carbonyl (C=O) groups excluding carboxylic acids is 1. The van der Waals surface area contributed by atoms with Gasteiger partial charge in [0, 0.05) is 23.8 Å². The molecule has 0 radical (unpaired) electrons. The Labute approximate surface area is 175 Å². The second-order valence-electron chi connectivity index (χ2n) is 10.9. The molecule has 4 fully saturated rings. The third-order valence-corrected chi connectivity index (χ3v) is 9.82. The van der Waals surface area contributed by atoms with Crippen molar-refractivity contribution in [3.05, 3.63) is 35.9 Å². The summed E-state index contributed by atoms with van der Waals surface area (Å²) in [4.78, 5) is 12.1. The van der Waals surface area contributed by atoms with Crippen molar-refractivity contribution in [2.45, 2.75) is 77.2 Å². The number of rotatable bonds is 0. The van der Waals surface area contributed by atoms with E-state index in [1.165, 1.54) is 19.3 Å². The SMILES string of the molecule is C[C@]12CCC(=O)C[C@@H]1CC[C@@H]1[C@@H]2CC[C@@]2(C)[C@H]1CC[C@@]2(O)C#Cc1ccccc1. The zero-order valence-electron chi connectivity index (χ0n) is 17.9. The van der Waals surface area contributed by atoms with Gasteiger partial charge in [0.1, 0.15) is 11.4 Å². The fourth-order valence-corrected chi connectivity index (χ4v) is 7.96. The standard InChI is InChI=1S/C27H34O2/c1-25-14-11-21(28)18-20(25)8-9-22-23(25)12-15-26(2)24(22)13-17-27(26,29)16-10-19-6-4-3-5-7-19/h3-7,20,22-24,29H,8-9,11-15,17-18H2,1-2H3/t20-,22+,23-,24-,25-,26-,27-/m0/s1. The smallest absolute Gasteiger partial charge is 0.133 e. The Bertz CT molecular complexity index is 864. The Hall–Kier alpha value is -1.59. The van der Waals surface area contributed by atoms with Gasteiger partial charge in [-0.15, -0.1) is 0 Å². The third-order valence-electron chi connectivity index (χ3n) is 9.82. The molecule has 154 valence electrons. The minimum atomic E-state index is -0.876. The van der Waals surface area contributed by atoms with Crippen LogP contribution in [0.1, 0.15) is 77.2 Å². The summed E-state index contributed by atoms with van der Waals surface area (Å²) in [5.41, 5.74) is 0.332. The highest BCUT2D eigenvalue weighted by Crippen LogP contribution is 2.67. The average Bonchev–Trinajstić information content (AvgIpc) is 2.99. The lowest BCUT2D eigenvalue weighted by molar-refractivity contribution is -0.147. The fraction of sp³-hybridized carbons (Fsp3) is 0.667. The number of carbonyl (C=O) groups is 1. The summed E-state index contributed by atoms with van der Waals surface area (Å²) < 4.78 is 0. The van der Waals surface area contributed by atoms with Crippen molar-refractivity contribution in [3.63, 3.8) is 0 Å². The van der Waals surface area contributed by atoms with Gasteiger partial charge in [0.15, 0.2) is 0 Å². The van der Waals surface area contributed by atoms with E-state index < -0.39 is 5.60 Å². The van der Waals surface area contributed by atoms with E-state index in [4.69, 9.17) is 0 Å². The van der Waals surface area contributed by atoms with Crippen LogP contribution in [0.4, 0.5) is 0 Å². The van der Waals surface area contributed by atoms with Crippen LogP contribution in [0.25, 0.3) is 0 Å². The first-order valence-electron chi connectivity index (χ1n) is 11.7. The number of fused-ring (bicyclic) bond motifs is 5. The lowest BCUT2D eigenvalue weighted by Crippen LogP contribution is -2.56. The van der Waals surface area contributed by atoms with Gasteiger partial charge in [-0.05, 0) is 86.2 Å². The summed E-state index contributed by atoms with van der Waals surface area (Å²) in [6.07, 6.45) is 9.26. The first kappa shape index (κ1) is 19.4. The number of hydrogen-bond donors (Lipinski definition) is 1. The van der Waals surface area contributed by atoms with Crippen molar-refractivity contribution in [2.75, 3.05) is 0 Å². The van der Waals surface area contributed by atoms with Gasteiger partial charge in [-0.25, -0.2) is 0 Å². The number of aliphatic hydroxyl groups is 1. The van der Waals surface area contributed by atoms with Crippen LogP contribution < -0.4 is 0 Å². The van der Waals surface area contributed by atoms with Gasteiger partial charge in [0.05, 0.1) is 0 Å². The Morgan fingerprint density at radius 2 is 1.72 bits per heavy atom. The fourth-order valence-electron chi connectivity index (χ4n) is 7.96. The summed E-state index contributed by atoms with van der Waals surface area (Å²) in [7, 11) is 0. The molecule has 4 aliphatic rings. The van der Waals surface area contributed by atoms with Gasteiger partial charge >= 0.3 is 0 Å². The minimum absolute atomic E-state index is 0.108. The average molecular weight is 391 g/mol. The monoisotopic (exact) mass is 390 g/mol. The highest BCUT2D eigenvalue weighted by Gasteiger charge is 2.64. The lowest BCUT2D eigenvalue weighted by atomic mass is 9.44. The molecule has 7 atom stereocenters. The maximum Gasteiger partial charge on any atom is 0.133 e. The second-order valence-corrected chi connectivity index (χ2v) is 10.9. The van der Waals surface area contributed by atoms with E-state index >= 15 is 0 Å². The molecular weight excluding hydrogens is 356 g/mol. The summed E-state index contributed by atoms with van der Waals surface area (Å²) in [5, 5.41) is 11.7. The Balaban J connectivity index is 1.43. The van der Waals surface area contributed by atoms with Crippen LogP contribution in [0.15, 0.2) is 30.3 Å². The third kappa shape index (κ3) is 2.84. The number of hydrogen-bond acceptors (Lipinski definition) is 2. The first-order chi connectivity index (χ1) is 13.9. The summed E-state index contributed by atoms with van der Waals surface area (Å²) >= 11 is 0. The van der Waals surface area contributed by atoms with Crippen LogP contribution in [0.5, 0.6) is 0 Å². The van der Waals surface area contributed by atoms with Crippen molar-refractivity contribution >= 4 is 5.78 Å². The molecule has 0 heterocycles. The van der Waals surface area contributed by atoms with E-state index in [9.17, 15) is 9.90 Å². The quantitative estimate of drug-likeness (QED) is 0.604. The zero-order chi connectivity index (χ0) is 20.3. The van der Waals surface area contributed by atoms with E-state index in [0.29, 0.717) is 29.0 Å².